The van der Waals surface area contributed by atoms with E-state index < -0.39 is 0 Å². The summed E-state index contributed by atoms with van der Waals surface area (Å²) in [6.07, 6.45) is 7.25. The van der Waals surface area contributed by atoms with Gasteiger partial charge < -0.3 is 0 Å². The van der Waals surface area contributed by atoms with Crippen LogP contribution < -0.4 is 0 Å². The number of rotatable bonds is 3. The first kappa shape index (κ1) is 9.44. The lowest BCUT2D eigenvalue weighted by molar-refractivity contribution is 0.397. The van der Waals surface area contributed by atoms with Crippen molar-refractivity contribution in [2.45, 2.75) is 51.2 Å². The fraction of sp³-hybridized carbons (Fsp3) is 1.00. The molecule has 0 saturated heterocycles. The number of hydrogen-bond donors (Lipinski definition) is 0. The topological polar surface area (TPSA) is 0 Å². The summed E-state index contributed by atoms with van der Waals surface area (Å²) in [4.78, 5) is 0. The molecule has 1 aliphatic carbocycles. The summed E-state index contributed by atoms with van der Waals surface area (Å²) >= 11 is 2.21. The Kier molecular flexibility index (Phi) is 4.36. The molecule has 0 N–H and O–H groups in total. The Morgan fingerprint density at radius 2 is 2.00 bits per heavy atom. The van der Waals surface area contributed by atoms with Crippen molar-refractivity contribution in [3.63, 3.8) is 0 Å². The van der Waals surface area contributed by atoms with Crippen LogP contribution in [-0.2, 0) is 0 Å². The quantitative estimate of drug-likeness (QED) is 0.625. The highest BCUT2D eigenvalue weighted by atomic mass is 32.2. The smallest absolute Gasteiger partial charge is 0.00726 e. The predicted octanol–water partition coefficient (Wildman–Crippen LogP) is 3.71. The molecule has 0 bridgehead atoms. The molecule has 0 amide bonds. The molecule has 0 heterocycles. The van der Waals surface area contributed by atoms with Crippen molar-refractivity contribution < 1.29 is 0 Å². The SMILES string of the molecule is CCCSC1CCCCC1C. The molecule has 2 atom stereocenters. The summed E-state index contributed by atoms with van der Waals surface area (Å²) in [5.41, 5.74) is 0. The van der Waals surface area contributed by atoms with Crippen LogP contribution in [0.3, 0.4) is 0 Å². The standard InChI is InChI=1S/C10H20S/c1-3-8-11-10-7-5-4-6-9(10)2/h9-10H,3-8H2,1-2H3. The third-order valence-electron chi connectivity index (χ3n) is 2.57. The molecule has 0 aromatic heterocycles. The van der Waals surface area contributed by atoms with Gasteiger partial charge in [0.2, 0.25) is 0 Å². The average Bonchev–Trinajstić information content (AvgIpc) is 2.03. The Bertz CT molecular complexity index is 101. The Balaban J connectivity index is 2.18. The van der Waals surface area contributed by atoms with Crippen LogP contribution in [0.15, 0.2) is 0 Å². The van der Waals surface area contributed by atoms with E-state index in [1.807, 2.05) is 0 Å². The normalized spacial score (nSPS) is 32.2. The summed E-state index contributed by atoms with van der Waals surface area (Å²) in [5.74, 6) is 2.36. The molecule has 1 rings (SSSR count). The van der Waals surface area contributed by atoms with Crippen LogP contribution in [0.25, 0.3) is 0 Å². The lowest BCUT2D eigenvalue weighted by Crippen LogP contribution is -2.19. The van der Waals surface area contributed by atoms with Crippen molar-refractivity contribution >= 4 is 11.8 Å². The molecule has 2 unspecified atom stereocenters. The summed E-state index contributed by atoms with van der Waals surface area (Å²) in [6, 6.07) is 0. The maximum atomic E-state index is 2.42. The Labute approximate surface area is 75.1 Å². The van der Waals surface area contributed by atoms with Crippen LogP contribution in [0.5, 0.6) is 0 Å². The van der Waals surface area contributed by atoms with Crippen molar-refractivity contribution in [3.05, 3.63) is 0 Å². The minimum absolute atomic E-state index is 0.986. The van der Waals surface area contributed by atoms with Crippen molar-refractivity contribution in [1.29, 1.82) is 0 Å². The average molecular weight is 172 g/mol. The second-order valence-electron chi connectivity index (χ2n) is 3.67. The van der Waals surface area contributed by atoms with Crippen LogP contribution in [0.2, 0.25) is 0 Å². The van der Waals surface area contributed by atoms with Gasteiger partial charge in [-0.25, -0.2) is 0 Å². The molecule has 0 nitrogen and oxygen atoms in total. The maximum Gasteiger partial charge on any atom is 0.00726 e. The van der Waals surface area contributed by atoms with E-state index in [0.717, 1.165) is 11.2 Å². The van der Waals surface area contributed by atoms with Gasteiger partial charge in [0.15, 0.2) is 0 Å². The molecule has 66 valence electrons. The first-order valence-electron chi connectivity index (χ1n) is 4.96. The Morgan fingerprint density at radius 3 is 2.64 bits per heavy atom. The van der Waals surface area contributed by atoms with E-state index in [9.17, 15) is 0 Å². The zero-order chi connectivity index (χ0) is 8.10. The van der Waals surface area contributed by atoms with Crippen LogP contribution in [0.1, 0.15) is 46.0 Å². The summed E-state index contributed by atoms with van der Waals surface area (Å²) < 4.78 is 0. The maximum absolute atomic E-state index is 2.42. The van der Waals surface area contributed by atoms with Crippen molar-refractivity contribution in [3.8, 4) is 0 Å². The van der Waals surface area contributed by atoms with Gasteiger partial charge in [-0.2, -0.15) is 11.8 Å². The highest BCUT2D eigenvalue weighted by Crippen LogP contribution is 2.33. The fourth-order valence-corrected chi connectivity index (χ4v) is 3.14. The summed E-state index contributed by atoms with van der Waals surface area (Å²) in [7, 11) is 0. The Morgan fingerprint density at radius 1 is 1.27 bits per heavy atom. The van der Waals surface area contributed by atoms with E-state index >= 15 is 0 Å². The molecule has 11 heavy (non-hydrogen) atoms. The predicted molar refractivity (Wildman–Crippen MR) is 54.2 cm³/mol. The molecule has 1 fully saturated rings. The minimum atomic E-state index is 0.986. The van der Waals surface area contributed by atoms with E-state index in [1.54, 1.807) is 0 Å². The van der Waals surface area contributed by atoms with E-state index in [0.29, 0.717) is 0 Å². The van der Waals surface area contributed by atoms with Crippen molar-refractivity contribution in [1.82, 2.24) is 0 Å². The highest BCUT2D eigenvalue weighted by Gasteiger charge is 2.20. The Hall–Kier alpha value is 0.350. The van der Waals surface area contributed by atoms with E-state index in [1.165, 1.54) is 37.9 Å². The van der Waals surface area contributed by atoms with Gasteiger partial charge >= 0.3 is 0 Å². The van der Waals surface area contributed by atoms with Crippen LogP contribution >= 0.6 is 11.8 Å². The largest absolute Gasteiger partial charge is 0.158 e. The number of hydrogen-bond acceptors (Lipinski definition) is 1. The molecular weight excluding hydrogens is 152 g/mol. The van der Waals surface area contributed by atoms with Gasteiger partial charge in [-0.1, -0.05) is 26.7 Å². The number of thioether (sulfide) groups is 1. The van der Waals surface area contributed by atoms with Gasteiger partial charge in [0.25, 0.3) is 0 Å². The first-order chi connectivity index (χ1) is 5.34. The molecule has 1 saturated carbocycles. The molecule has 0 radical (unpaired) electrons. The van der Waals surface area contributed by atoms with Gasteiger partial charge in [0.1, 0.15) is 0 Å². The highest BCUT2D eigenvalue weighted by molar-refractivity contribution is 7.99. The molecule has 0 aliphatic heterocycles. The van der Waals surface area contributed by atoms with E-state index in [-0.39, 0.29) is 0 Å². The van der Waals surface area contributed by atoms with Crippen LogP contribution in [0, 0.1) is 5.92 Å². The summed E-state index contributed by atoms with van der Waals surface area (Å²) in [5, 5.41) is 0.990. The van der Waals surface area contributed by atoms with Gasteiger partial charge in [0, 0.05) is 5.25 Å². The lowest BCUT2D eigenvalue weighted by atomic mass is 9.90. The summed E-state index contributed by atoms with van der Waals surface area (Å²) in [6.45, 7) is 4.70. The fourth-order valence-electron chi connectivity index (χ4n) is 1.80. The second kappa shape index (κ2) is 5.08. The molecule has 0 aromatic carbocycles. The minimum Gasteiger partial charge on any atom is -0.158 e. The van der Waals surface area contributed by atoms with Crippen LogP contribution in [0.4, 0.5) is 0 Å². The lowest BCUT2D eigenvalue weighted by Gasteiger charge is -2.27. The third-order valence-corrected chi connectivity index (χ3v) is 4.34. The van der Waals surface area contributed by atoms with Gasteiger partial charge in [-0.15, -0.1) is 0 Å². The third kappa shape index (κ3) is 3.06. The second-order valence-corrected chi connectivity index (χ2v) is 5.02. The molecule has 1 heteroatoms. The van der Waals surface area contributed by atoms with Gasteiger partial charge in [-0.05, 0) is 30.9 Å². The molecule has 0 aromatic rings. The first-order valence-corrected chi connectivity index (χ1v) is 6.01. The van der Waals surface area contributed by atoms with E-state index in [2.05, 4.69) is 25.6 Å². The van der Waals surface area contributed by atoms with Gasteiger partial charge in [-0.3, -0.25) is 0 Å². The zero-order valence-corrected chi connectivity index (χ0v) is 8.62. The van der Waals surface area contributed by atoms with Crippen LogP contribution in [-0.4, -0.2) is 11.0 Å². The van der Waals surface area contributed by atoms with Crippen molar-refractivity contribution in [2.75, 3.05) is 5.75 Å². The molecular formula is C10H20S. The van der Waals surface area contributed by atoms with E-state index in [4.69, 9.17) is 0 Å². The van der Waals surface area contributed by atoms with Crippen molar-refractivity contribution in [2.24, 2.45) is 5.92 Å². The zero-order valence-electron chi connectivity index (χ0n) is 7.81. The molecule has 0 spiro atoms. The van der Waals surface area contributed by atoms with Gasteiger partial charge in [0.05, 0.1) is 0 Å². The molecule has 1 aliphatic rings. The monoisotopic (exact) mass is 172 g/mol.